The smallest absolute Gasteiger partial charge is 0.292 e. The molecule has 0 unspecified atom stereocenters. The normalized spacial score (nSPS) is 12.9. The summed E-state index contributed by atoms with van der Waals surface area (Å²) in [5, 5.41) is 0. The van der Waals surface area contributed by atoms with Crippen molar-refractivity contribution in [3.63, 3.8) is 0 Å². The average Bonchev–Trinajstić information content (AvgIpc) is 2.21. The fourth-order valence-electron chi connectivity index (χ4n) is 1.01. The molecule has 0 atom stereocenters. The van der Waals surface area contributed by atoms with Crippen LogP contribution < -0.4 is 9.86 Å². The highest BCUT2D eigenvalue weighted by Crippen LogP contribution is 2.30. The number of nitrogens with two attached hydrogens (primary N) is 1. The van der Waals surface area contributed by atoms with E-state index >= 15 is 0 Å². The first-order valence-electron chi connectivity index (χ1n) is 4.68. The Hall–Kier alpha value is -0.200. The van der Waals surface area contributed by atoms with Gasteiger partial charge in [0.25, 0.3) is 20.2 Å². The number of benzene rings is 1. The summed E-state index contributed by atoms with van der Waals surface area (Å²) >= 11 is 6.12. The van der Waals surface area contributed by atoms with Crippen LogP contribution in [0.15, 0.2) is 26.0 Å². The minimum atomic E-state index is -4.24. The summed E-state index contributed by atoms with van der Waals surface area (Å²) in [5.74, 6) is 0. The van der Waals surface area contributed by atoms with Gasteiger partial charge in [-0.1, -0.05) is 4.13 Å². The first-order chi connectivity index (χ1) is 8.47. The van der Waals surface area contributed by atoms with Crippen molar-refractivity contribution in [2.45, 2.75) is 4.90 Å². The molecule has 19 heavy (non-hydrogen) atoms. The van der Waals surface area contributed by atoms with E-state index in [1.807, 2.05) is 0 Å². The second-order valence-corrected chi connectivity index (χ2v) is 9.18. The van der Waals surface area contributed by atoms with Crippen LogP contribution in [0.3, 0.4) is 0 Å². The summed E-state index contributed by atoms with van der Waals surface area (Å²) in [4.78, 5) is -0.237. The number of nitrogens with zero attached hydrogens (tertiary/aromatic N) is 1. The highest BCUT2D eigenvalue weighted by Gasteiger charge is 2.26. The Balaban J connectivity index is 3.34. The van der Waals surface area contributed by atoms with E-state index in [-0.39, 0.29) is 9.37 Å². The third-order valence-electron chi connectivity index (χ3n) is 2.04. The summed E-state index contributed by atoms with van der Waals surface area (Å²) in [7, 11) is -5.93. The van der Waals surface area contributed by atoms with Crippen LogP contribution in [0, 0.1) is 0 Å². The van der Waals surface area contributed by atoms with Gasteiger partial charge in [0.1, 0.15) is 0 Å². The van der Waals surface area contributed by atoms with Crippen LogP contribution in [0.4, 0.5) is 5.69 Å². The van der Waals surface area contributed by atoms with Gasteiger partial charge >= 0.3 is 0 Å². The molecule has 0 bridgehead atoms. The van der Waals surface area contributed by atoms with Gasteiger partial charge in [0, 0.05) is 28.7 Å². The SMILES string of the molecule is CN(C)S(=O)(=O)NS(=O)(=O)c1cc(Br)c(N)cc1Br. The van der Waals surface area contributed by atoms with Gasteiger partial charge in [-0.05, 0) is 44.0 Å². The number of nitrogen functional groups attached to an aromatic ring is 1. The van der Waals surface area contributed by atoms with E-state index in [9.17, 15) is 16.8 Å². The second kappa shape index (κ2) is 5.66. The summed E-state index contributed by atoms with van der Waals surface area (Å²) in [6.07, 6.45) is 0. The van der Waals surface area contributed by atoms with Crippen molar-refractivity contribution in [3.05, 3.63) is 21.1 Å². The fourth-order valence-corrected chi connectivity index (χ4v) is 5.16. The zero-order chi connectivity index (χ0) is 15.0. The lowest BCUT2D eigenvalue weighted by Gasteiger charge is -2.14. The summed E-state index contributed by atoms with van der Waals surface area (Å²) in [6, 6.07) is 2.58. The quantitative estimate of drug-likeness (QED) is 0.680. The van der Waals surface area contributed by atoms with Gasteiger partial charge in [-0.25, -0.2) is 8.42 Å². The molecule has 0 heterocycles. The average molecular weight is 437 g/mol. The van der Waals surface area contributed by atoms with Crippen LogP contribution in [0.1, 0.15) is 0 Å². The van der Waals surface area contributed by atoms with Crippen LogP contribution in [0.25, 0.3) is 0 Å². The first kappa shape index (κ1) is 16.9. The van der Waals surface area contributed by atoms with Crippen molar-refractivity contribution in [3.8, 4) is 0 Å². The Morgan fingerprint density at radius 3 is 2.11 bits per heavy atom. The lowest BCUT2D eigenvalue weighted by atomic mass is 10.3. The van der Waals surface area contributed by atoms with E-state index in [2.05, 4.69) is 31.9 Å². The van der Waals surface area contributed by atoms with Crippen molar-refractivity contribution in [2.24, 2.45) is 0 Å². The van der Waals surface area contributed by atoms with E-state index < -0.39 is 20.2 Å². The number of hydrogen-bond donors (Lipinski definition) is 2. The molecule has 0 aliphatic carbocycles. The van der Waals surface area contributed by atoms with Gasteiger partial charge in [-0.3, -0.25) is 0 Å². The molecule has 0 radical (unpaired) electrons. The van der Waals surface area contributed by atoms with Gasteiger partial charge in [-0.15, -0.1) is 0 Å². The standard InChI is InChI=1S/C8H11Br2N3O4S2/c1-13(2)19(16,17)12-18(14,15)8-4-5(9)7(11)3-6(8)10/h3-4,12H,11H2,1-2H3. The van der Waals surface area contributed by atoms with Crippen LogP contribution in [-0.2, 0) is 20.2 Å². The number of rotatable bonds is 4. The van der Waals surface area contributed by atoms with Crippen LogP contribution in [-0.4, -0.2) is 35.2 Å². The van der Waals surface area contributed by atoms with Gasteiger partial charge in [0.2, 0.25) is 0 Å². The maximum Gasteiger partial charge on any atom is 0.292 e. The predicted molar refractivity (Wildman–Crippen MR) is 79.2 cm³/mol. The molecular weight excluding hydrogens is 426 g/mol. The molecule has 108 valence electrons. The Morgan fingerprint density at radius 2 is 1.63 bits per heavy atom. The minimum Gasteiger partial charge on any atom is -0.398 e. The van der Waals surface area contributed by atoms with Gasteiger partial charge < -0.3 is 5.73 Å². The molecule has 0 saturated carbocycles. The predicted octanol–water partition coefficient (Wildman–Crippen LogP) is 0.879. The van der Waals surface area contributed by atoms with E-state index in [0.717, 1.165) is 4.31 Å². The molecule has 0 fully saturated rings. The molecule has 0 amide bonds. The van der Waals surface area contributed by atoms with Gasteiger partial charge in [-0.2, -0.15) is 12.7 Å². The van der Waals surface area contributed by atoms with Crippen LogP contribution in [0.2, 0.25) is 0 Å². The molecular formula is C8H11Br2N3O4S2. The molecule has 1 aromatic rings. The van der Waals surface area contributed by atoms with Crippen molar-refractivity contribution in [2.75, 3.05) is 19.8 Å². The highest BCUT2D eigenvalue weighted by molar-refractivity contribution is 9.11. The van der Waals surface area contributed by atoms with Crippen molar-refractivity contribution in [1.29, 1.82) is 0 Å². The van der Waals surface area contributed by atoms with E-state index in [1.165, 1.54) is 26.2 Å². The summed E-state index contributed by atoms with van der Waals surface area (Å²) in [5.41, 5.74) is 5.91. The van der Waals surface area contributed by atoms with E-state index in [1.54, 1.807) is 4.13 Å². The Kier molecular flexibility index (Phi) is 5.02. The number of anilines is 1. The van der Waals surface area contributed by atoms with E-state index in [4.69, 9.17) is 5.73 Å². The van der Waals surface area contributed by atoms with Crippen molar-refractivity contribution < 1.29 is 16.8 Å². The zero-order valence-corrected chi connectivity index (χ0v) is 14.7. The second-order valence-electron chi connectivity index (χ2n) is 3.68. The summed E-state index contributed by atoms with van der Waals surface area (Å²) in [6.45, 7) is 0. The molecule has 0 saturated heterocycles. The lowest BCUT2D eigenvalue weighted by molar-refractivity contribution is 0.513. The van der Waals surface area contributed by atoms with Gasteiger partial charge in [0.05, 0.1) is 4.90 Å². The molecule has 1 aromatic carbocycles. The number of halogens is 2. The molecule has 1 rings (SSSR count). The molecule has 0 spiro atoms. The molecule has 0 aliphatic heterocycles. The Morgan fingerprint density at radius 1 is 1.11 bits per heavy atom. The minimum absolute atomic E-state index is 0.162. The number of sulfonamides is 1. The Bertz CT molecular complexity index is 701. The maximum absolute atomic E-state index is 12.0. The van der Waals surface area contributed by atoms with Crippen molar-refractivity contribution in [1.82, 2.24) is 8.43 Å². The molecule has 0 aliphatic rings. The first-order valence-corrected chi connectivity index (χ1v) is 9.19. The number of hydrogen-bond acceptors (Lipinski definition) is 5. The number of nitrogens with one attached hydrogen (secondary N) is 1. The zero-order valence-electron chi connectivity index (χ0n) is 9.88. The maximum atomic E-state index is 12.0. The third kappa shape index (κ3) is 3.89. The fraction of sp³-hybridized carbons (Fsp3) is 0.250. The third-order valence-corrected chi connectivity index (χ3v) is 7.24. The monoisotopic (exact) mass is 435 g/mol. The molecule has 7 nitrogen and oxygen atoms in total. The molecule has 11 heteroatoms. The van der Waals surface area contributed by atoms with Crippen molar-refractivity contribution >= 4 is 57.8 Å². The molecule has 0 aromatic heterocycles. The highest BCUT2D eigenvalue weighted by atomic mass is 79.9. The topological polar surface area (TPSA) is 110 Å². The molecule has 3 N–H and O–H groups in total. The van der Waals surface area contributed by atoms with Crippen LogP contribution >= 0.6 is 31.9 Å². The van der Waals surface area contributed by atoms with E-state index in [0.29, 0.717) is 10.2 Å². The summed E-state index contributed by atoms with van der Waals surface area (Å²) < 4.78 is 50.1. The van der Waals surface area contributed by atoms with Gasteiger partial charge in [0.15, 0.2) is 0 Å². The Labute approximate surface area is 128 Å². The van der Waals surface area contributed by atoms with Crippen LogP contribution in [0.5, 0.6) is 0 Å². The largest absolute Gasteiger partial charge is 0.398 e. The lowest BCUT2D eigenvalue weighted by Crippen LogP contribution is -2.39.